The monoisotopic (exact) mass is 371 g/mol. The van der Waals surface area contributed by atoms with Gasteiger partial charge >= 0.3 is 12.4 Å². The van der Waals surface area contributed by atoms with Gasteiger partial charge in [-0.25, -0.2) is 0 Å². The highest BCUT2D eigenvalue weighted by molar-refractivity contribution is 6.52. The van der Waals surface area contributed by atoms with Crippen molar-refractivity contribution in [3.8, 4) is 0 Å². The lowest BCUT2D eigenvalue weighted by molar-refractivity contribution is -0.138. The minimum atomic E-state index is -4.73. The Labute approximate surface area is 144 Å². The molecule has 0 bridgehead atoms. The minimum absolute atomic E-state index is 0.0313. The predicted octanol–water partition coefficient (Wildman–Crippen LogP) is 4.95. The van der Waals surface area contributed by atoms with Crippen LogP contribution in [0, 0.1) is 0 Å². The molecule has 0 atom stereocenters. The number of rotatable bonds is 2. The molecule has 0 amide bonds. The molecule has 0 unspecified atom stereocenters. The Kier molecular flexibility index (Phi) is 4.37. The third-order valence-corrected chi connectivity index (χ3v) is 4.03. The number of Topliss-reactive ketones (excluding diaryl/α,β-unsaturated/α-hetero) is 1. The van der Waals surface area contributed by atoms with E-state index in [1.807, 2.05) is 0 Å². The predicted molar refractivity (Wildman–Crippen MR) is 82.3 cm³/mol. The summed E-state index contributed by atoms with van der Waals surface area (Å²) in [7, 11) is 0. The van der Waals surface area contributed by atoms with Gasteiger partial charge in [-0.05, 0) is 30.2 Å². The van der Waals surface area contributed by atoms with Crippen molar-refractivity contribution >= 4 is 11.5 Å². The fourth-order valence-corrected chi connectivity index (χ4v) is 2.83. The standard InChI is InChI=1S/C18H11F6NO/c19-17(20,21)11-5-6-12-10(9-11)7-8-25-15(12)16(26)13-3-1-2-4-14(13)18(22,23)24/h1-6,9H,7-8H2. The minimum Gasteiger partial charge on any atom is -0.287 e. The summed E-state index contributed by atoms with van der Waals surface area (Å²) >= 11 is 0. The zero-order chi connectivity index (χ0) is 19.1. The van der Waals surface area contributed by atoms with E-state index >= 15 is 0 Å². The zero-order valence-electron chi connectivity index (χ0n) is 13.1. The number of carbonyl (C=O) groups excluding carboxylic acids is 1. The van der Waals surface area contributed by atoms with E-state index in [-0.39, 0.29) is 29.8 Å². The first-order valence-corrected chi connectivity index (χ1v) is 7.55. The second-order valence-corrected chi connectivity index (χ2v) is 5.72. The van der Waals surface area contributed by atoms with Gasteiger partial charge in [0.1, 0.15) is 5.71 Å². The molecular weight excluding hydrogens is 360 g/mol. The highest BCUT2D eigenvalue weighted by Crippen LogP contribution is 2.34. The summed E-state index contributed by atoms with van der Waals surface area (Å²) in [6.45, 7) is 0.0313. The van der Waals surface area contributed by atoms with E-state index in [1.165, 1.54) is 6.07 Å². The average molecular weight is 371 g/mol. The molecule has 0 N–H and O–H groups in total. The van der Waals surface area contributed by atoms with Crippen LogP contribution in [-0.2, 0) is 18.8 Å². The van der Waals surface area contributed by atoms with E-state index in [0.29, 0.717) is 0 Å². The van der Waals surface area contributed by atoms with Crippen LogP contribution in [0.1, 0.15) is 32.6 Å². The van der Waals surface area contributed by atoms with Gasteiger partial charge in [0.2, 0.25) is 5.78 Å². The number of carbonyl (C=O) groups is 1. The van der Waals surface area contributed by atoms with Crippen LogP contribution in [0.5, 0.6) is 0 Å². The van der Waals surface area contributed by atoms with E-state index in [0.717, 1.165) is 36.4 Å². The molecule has 0 aromatic heterocycles. The molecule has 3 rings (SSSR count). The van der Waals surface area contributed by atoms with Gasteiger partial charge in [-0.2, -0.15) is 26.3 Å². The quantitative estimate of drug-likeness (QED) is 0.542. The second kappa shape index (κ2) is 6.26. The molecule has 1 heterocycles. The van der Waals surface area contributed by atoms with Crippen LogP contribution in [0.2, 0.25) is 0 Å². The van der Waals surface area contributed by atoms with Crippen LogP contribution in [0.4, 0.5) is 26.3 Å². The molecule has 0 fully saturated rings. The van der Waals surface area contributed by atoms with Gasteiger partial charge in [0.25, 0.3) is 0 Å². The van der Waals surface area contributed by atoms with Gasteiger partial charge in [-0.1, -0.05) is 24.3 Å². The first-order valence-electron chi connectivity index (χ1n) is 7.55. The smallest absolute Gasteiger partial charge is 0.287 e. The molecule has 0 aliphatic carbocycles. The molecule has 0 saturated heterocycles. The molecule has 1 aliphatic rings. The van der Waals surface area contributed by atoms with Crippen LogP contribution in [0.3, 0.4) is 0 Å². The van der Waals surface area contributed by atoms with E-state index in [1.54, 1.807) is 0 Å². The van der Waals surface area contributed by atoms with Gasteiger partial charge in [0.05, 0.1) is 11.1 Å². The van der Waals surface area contributed by atoms with E-state index in [2.05, 4.69) is 4.99 Å². The Balaban J connectivity index is 2.06. The molecule has 0 spiro atoms. The number of alkyl halides is 6. The highest BCUT2D eigenvalue weighted by atomic mass is 19.4. The first kappa shape index (κ1) is 18.2. The molecular formula is C18H11F6NO. The third-order valence-electron chi connectivity index (χ3n) is 4.03. The number of aliphatic imine (C=N–C) groups is 1. The third kappa shape index (κ3) is 3.36. The van der Waals surface area contributed by atoms with Crippen molar-refractivity contribution in [3.05, 3.63) is 70.3 Å². The molecule has 1 aliphatic heterocycles. The SMILES string of the molecule is O=C(C1=NCCc2cc(C(F)(F)F)ccc21)c1ccccc1C(F)(F)F. The Morgan fingerprint density at radius 1 is 0.923 bits per heavy atom. The van der Waals surface area contributed by atoms with Crippen LogP contribution in [0.25, 0.3) is 0 Å². The van der Waals surface area contributed by atoms with Crippen LogP contribution in [0.15, 0.2) is 47.5 Å². The summed E-state index contributed by atoms with van der Waals surface area (Å²) < 4.78 is 77.9. The molecule has 8 heteroatoms. The molecule has 0 radical (unpaired) electrons. The lowest BCUT2D eigenvalue weighted by Crippen LogP contribution is -2.25. The second-order valence-electron chi connectivity index (χ2n) is 5.72. The van der Waals surface area contributed by atoms with E-state index < -0.39 is 34.8 Å². The lowest BCUT2D eigenvalue weighted by Gasteiger charge is -2.19. The van der Waals surface area contributed by atoms with Crippen molar-refractivity contribution in [2.75, 3.05) is 6.54 Å². The number of halogens is 6. The number of nitrogens with zero attached hydrogens (tertiary/aromatic N) is 1. The number of fused-ring (bicyclic) bond motifs is 1. The number of hydrogen-bond acceptors (Lipinski definition) is 2. The maximum atomic E-state index is 13.1. The fraction of sp³-hybridized carbons (Fsp3) is 0.222. The molecule has 26 heavy (non-hydrogen) atoms. The van der Waals surface area contributed by atoms with Crippen LogP contribution >= 0.6 is 0 Å². The molecule has 2 aromatic carbocycles. The number of benzene rings is 2. The summed E-state index contributed by atoms with van der Waals surface area (Å²) in [5.74, 6) is -0.960. The van der Waals surface area contributed by atoms with Gasteiger partial charge in [0, 0.05) is 17.7 Å². The van der Waals surface area contributed by atoms with Crippen LogP contribution < -0.4 is 0 Å². The normalized spacial score (nSPS) is 14.6. The topological polar surface area (TPSA) is 29.4 Å². The first-order chi connectivity index (χ1) is 12.1. The van der Waals surface area contributed by atoms with Gasteiger partial charge < -0.3 is 0 Å². The Hall–Kier alpha value is -2.64. The Morgan fingerprint density at radius 2 is 1.62 bits per heavy atom. The molecule has 0 saturated carbocycles. The van der Waals surface area contributed by atoms with Crippen molar-refractivity contribution in [1.82, 2.24) is 0 Å². The van der Waals surface area contributed by atoms with Gasteiger partial charge in [-0.15, -0.1) is 0 Å². The van der Waals surface area contributed by atoms with Crippen molar-refractivity contribution in [1.29, 1.82) is 0 Å². The summed E-state index contributed by atoms with van der Waals surface area (Å²) in [4.78, 5) is 16.6. The average Bonchev–Trinajstić information content (AvgIpc) is 2.58. The van der Waals surface area contributed by atoms with Crippen molar-refractivity contribution < 1.29 is 31.1 Å². The van der Waals surface area contributed by atoms with E-state index in [9.17, 15) is 31.1 Å². The van der Waals surface area contributed by atoms with Gasteiger partial charge in [-0.3, -0.25) is 9.79 Å². The summed E-state index contributed by atoms with van der Waals surface area (Å²) in [5.41, 5.74) is -2.44. The fourth-order valence-electron chi connectivity index (χ4n) is 2.83. The number of ketones is 1. The zero-order valence-corrected chi connectivity index (χ0v) is 13.1. The maximum absolute atomic E-state index is 13.1. The highest BCUT2D eigenvalue weighted by Gasteiger charge is 2.37. The van der Waals surface area contributed by atoms with Crippen molar-refractivity contribution in [2.45, 2.75) is 18.8 Å². The van der Waals surface area contributed by atoms with Crippen molar-refractivity contribution in [2.24, 2.45) is 4.99 Å². The van der Waals surface area contributed by atoms with Crippen molar-refractivity contribution in [3.63, 3.8) is 0 Å². The summed E-state index contributed by atoms with van der Waals surface area (Å²) in [5, 5.41) is 0. The van der Waals surface area contributed by atoms with Gasteiger partial charge in [0.15, 0.2) is 0 Å². The molecule has 136 valence electrons. The maximum Gasteiger partial charge on any atom is 0.417 e. The lowest BCUT2D eigenvalue weighted by atomic mass is 9.90. The largest absolute Gasteiger partial charge is 0.417 e. The summed E-state index contributed by atoms with van der Waals surface area (Å²) in [6, 6.07) is 7.06. The molecule has 2 nitrogen and oxygen atoms in total. The Morgan fingerprint density at radius 3 is 2.27 bits per heavy atom. The Bertz CT molecular complexity index is 895. The molecule has 2 aromatic rings. The van der Waals surface area contributed by atoms with Crippen LogP contribution in [-0.4, -0.2) is 18.0 Å². The number of hydrogen-bond donors (Lipinski definition) is 0. The summed E-state index contributed by atoms with van der Waals surface area (Å²) in [6.07, 6.45) is -9.10. The van der Waals surface area contributed by atoms with E-state index in [4.69, 9.17) is 0 Å².